The van der Waals surface area contributed by atoms with Crippen molar-refractivity contribution in [3.05, 3.63) is 33.8 Å². The predicted octanol–water partition coefficient (Wildman–Crippen LogP) is 3.15. The fourth-order valence-electron chi connectivity index (χ4n) is 1.69. The minimum Gasteiger partial charge on any atom is -0.372 e. The summed E-state index contributed by atoms with van der Waals surface area (Å²) in [7, 11) is 0. The van der Waals surface area contributed by atoms with E-state index >= 15 is 0 Å². The van der Waals surface area contributed by atoms with Gasteiger partial charge in [0.2, 0.25) is 0 Å². The van der Waals surface area contributed by atoms with Crippen LogP contribution in [0.15, 0.2) is 16.6 Å². The second-order valence-corrected chi connectivity index (χ2v) is 4.50. The van der Waals surface area contributed by atoms with E-state index in [-0.39, 0.29) is 28.8 Å². The highest BCUT2D eigenvalue weighted by Gasteiger charge is 2.25. The van der Waals surface area contributed by atoms with Crippen LogP contribution in [0.25, 0.3) is 0 Å². The standard InChI is InChI=1S/C11H9BrF2O2/c12-9-4-6(13)3-8(11(9)14)10-5-7(15)1-2-16-10/h3-4,10H,1-2,5H2. The zero-order valence-electron chi connectivity index (χ0n) is 8.30. The Hall–Kier alpha value is -0.810. The van der Waals surface area contributed by atoms with Crippen LogP contribution in [-0.4, -0.2) is 12.4 Å². The second kappa shape index (κ2) is 4.59. The lowest BCUT2D eigenvalue weighted by Crippen LogP contribution is -2.20. The highest BCUT2D eigenvalue weighted by atomic mass is 79.9. The van der Waals surface area contributed by atoms with Gasteiger partial charge in [0.05, 0.1) is 17.2 Å². The Kier molecular flexibility index (Phi) is 3.35. The maximum Gasteiger partial charge on any atom is 0.143 e. The molecule has 1 saturated heterocycles. The van der Waals surface area contributed by atoms with Gasteiger partial charge in [0, 0.05) is 18.4 Å². The Bertz CT molecular complexity index is 434. The number of carbonyl (C=O) groups excluding carboxylic acids is 1. The molecule has 86 valence electrons. The van der Waals surface area contributed by atoms with Crippen LogP contribution in [0.1, 0.15) is 24.5 Å². The quantitative estimate of drug-likeness (QED) is 0.743. The van der Waals surface area contributed by atoms with Crippen molar-refractivity contribution in [2.75, 3.05) is 6.61 Å². The lowest BCUT2D eigenvalue weighted by atomic mass is 10.00. The van der Waals surface area contributed by atoms with E-state index in [0.29, 0.717) is 6.42 Å². The molecule has 0 bridgehead atoms. The zero-order valence-corrected chi connectivity index (χ0v) is 9.89. The first kappa shape index (κ1) is 11.7. The first-order valence-corrected chi connectivity index (χ1v) is 5.65. The first-order valence-electron chi connectivity index (χ1n) is 4.85. The molecule has 1 atom stereocenters. The molecule has 1 aliphatic heterocycles. The molecule has 0 saturated carbocycles. The summed E-state index contributed by atoms with van der Waals surface area (Å²) < 4.78 is 32.1. The highest BCUT2D eigenvalue weighted by molar-refractivity contribution is 9.10. The number of Topliss-reactive ketones (excluding diaryl/α,β-unsaturated/α-hetero) is 1. The van der Waals surface area contributed by atoms with Crippen LogP contribution in [-0.2, 0) is 9.53 Å². The molecule has 0 N–H and O–H groups in total. The Labute approximate surface area is 99.7 Å². The molecule has 0 spiro atoms. The minimum absolute atomic E-state index is 0.0102. The topological polar surface area (TPSA) is 26.3 Å². The van der Waals surface area contributed by atoms with Crippen LogP contribution in [0.5, 0.6) is 0 Å². The minimum atomic E-state index is -0.673. The maximum atomic E-state index is 13.7. The van der Waals surface area contributed by atoms with Crippen molar-refractivity contribution in [3.8, 4) is 0 Å². The molecule has 1 unspecified atom stereocenters. The average Bonchev–Trinajstić information content (AvgIpc) is 2.23. The third-order valence-corrected chi connectivity index (χ3v) is 3.06. The van der Waals surface area contributed by atoms with E-state index in [1.807, 2.05) is 0 Å². The summed E-state index contributed by atoms with van der Waals surface area (Å²) in [5.74, 6) is -1.11. The summed E-state index contributed by atoms with van der Waals surface area (Å²) >= 11 is 2.92. The van der Waals surface area contributed by atoms with E-state index in [1.165, 1.54) is 0 Å². The number of ketones is 1. The fourth-order valence-corrected chi connectivity index (χ4v) is 2.14. The molecule has 1 aromatic carbocycles. The number of benzene rings is 1. The van der Waals surface area contributed by atoms with E-state index in [0.717, 1.165) is 12.1 Å². The van der Waals surface area contributed by atoms with Gasteiger partial charge in [0.1, 0.15) is 17.4 Å². The van der Waals surface area contributed by atoms with Gasteiger partial charge in [-0.1, -0.05) is 0 Å². The van der Waals surface area contributed by atoms with Gasteiger partial charge in [0.15, 0.2) is 0 Å². The van der Waals surface area contributed by atoms with Gasteiger partial charge in [-0.3, -0.25) is 4.79 Å². The van der Waals surface area contributed by atoms with Crippen molar-refractivity contribution in [1.29, 1.82) is 0 Å². The first-order chi connectivity index (χ1) is 7.58. The molecule has 0 aromatic heterocycles. The Morgan fingerprint density at radius 3 is 2.81 bits per heavy atom. The van der Waals surface area contributed by atoms with E-state index in [4.69, 9.17) is 4.74 Å². The Morgan fingerprint density at radius 1 is 1.38 bits per heavy atom. The molecule has 0 amide bonds. The summed E-state index contributed by atoms with van der Waals surface area (Å²) in [6.45, 7) is 0.261. The maximum absolute atomic E-state index is 13.7. The molecule has 5 heteroatoms. The van der Waals surface area contributed by atoms with Gasteiger partial charge in [-0.25, -0.2) is 8.78 Å². The molecule has 1 aliphatic rings. The molecule has 0 aliphatic carbocycles. The molecule has 0 radical (unpaired) electrons. The average molecular weight is 291 g/mol. The molecule has 2 nitrogen and oxygen atoms in total. The van der Waals surface area contributed by atoms with Crippen LogP contribution in [0.3, 0.4) is 0 Å². The van der Waals surface area contributed by atoms with E-state index < -0.39 is 17.7 Å². The third kappa shape index (κ3) is 2.30. The van der Waals surface area contributed by atoms with Crippen molar-refractivity contribution < 1.29 is 18.3 Å². The van der Waals surface area contributed by atoms with Gasteiger partial charge in [-0.15, -0.1) is 0 Å². The molecule has 1 fully saturated rings. The molecule has 16 heavy (non-hydrogen) atoms. The molecular weight excluding hydrogens is 282 g/mol. The molecule has 1 aromatic rings. The number of rotatable bonds is 1. The summed E-state index contributed by atoms with van der Waals surface area (Å²) in [5, 5.41) is 0. The highest BCUT2D eigenvalue weighted by Crippen LogP contribution is 2.31. The molecule has 1 heterocycles. The van der Waals surface area contributed by atoms with Crippen LogP contribution in [0.2, 0.25) is 0 Å². The molecular formula is C11H9BrF2O2. The van der Waals surface area contributed by atoms with Gasteiger partial charge >= 0.3 is 0 Å². The van der Waals surface area contributed by atoms with Crippen molar-refractivity contribution >= 4 is 21.7 Å². The van der Waals surface area contributed by atoms with E-state index in [9.17, 15) is 13.6 Å². The predicted molar refractivity (Wildman–Crippen MR) is 57.0 cm³/mol. The number of hydrogen-bond donors (Lipinski definition) is 0. The van der Waals surface area contributed by atoms with Crippen LogP contribution < -0.4 is 0 Å². The van der Waals surface area contributed by atoms with Crippen molar-refractivity contribution in [2.24, 2.45) is 0 Å². The Balaban J connectivity index is 2.35. The SMILES string of the molecule is O=C1CCOC(c2cc(F)cc(Br)c2F)C1. The van der Waals surface area contributed by atoms with Gasteiger partial charge < -0.3 is 4.74 Å². The third-order valence-electron chi connectivity index (χ3n) is 2.48. The number of halogens is 3. The molecule has 2 rings (SSSR count). The van der Waals surface area contributed by atoms with Crippen LogP contribution in [0.4, 0.5) is 8.78 Å². The summed E-state index contributed by atoms with van der Waals surface area (Å²) in [6.07, 6.45) is -0.227. The van der Waals surface area contributed by atoms with E-state index in [2.05, 4.69) is 15.9 Å². The monoisotopic (exact) mass is 290 g/mol. The van der Waals surface area contributed by atoms with Crippen molar-refractivity contribution in [1.82, 2.24) is 0 Å². The van der Waals surface area contributed by atoms with Crippen molar-refractivity contribution in [3.63, 3.8) is 0 Å². The number of ether oxygens (including phenoxy) is 1. The van der Waals surface area contributed by atoms with E-state index in [1.54, 1.807) is 0 Å². The van der Waals surface area contributed by atoms with Crippen LogP contribution in [0, 0.1) is 11.6 Å². The number of hydrogen-bond acceptors (Lipinski definition) is 2. The van der Waals surface area contributed by atoms with Gasteiger partial charge in [0.25, 0.3) is 0 Å². The second-order valence-electron chi connectivity index (χ2n) is 3.64. The summed E-state index contributed by atoms with van der Waals surface area (Å²) in [4.78, 5) is 11.2. The normalized spacial score (nSPS) is 21.2. The zero-order chi connectivity index (χ0) is 11.7. The van der Waals surface area contributed by atoms with Gasteiger partial charge in [-0.05, 0) is 28.1 Å². The van der Waals surface area contributed by atoms with Crippen molar-refractivity contribution in [2.45, 2.75) is 18.9 Å². The Morgan fingerprint density at radius 2 is 2.12 bits per heavy atom. The lowest BCUT2D eigenvalue weighted by molar-refractivity contribution is -0.128. The number of carbonyl (C=O) groups is 1. The fraction of sp³-hybridized carbons (Fsp3) is 0.364. The van der Waals surface area contributed by atoms with Crippen LogP contribution >= 0.6 is 15.9 Å². The van der Waals surface area contributed by atoms with Gasteiger partial charge in [-0.2, -0.15) is 0 Å². The lowest BCUT2D eigenvalue weighted by Gasteiger charge is -2.22. The summed E-state index contributed by atoms with van der Waals surface area (Å²) in [5.41, 5.74) is 0.0972. The smallest absolute Gasteiger partial charge is 0.143 e. The largest absolute Gasteiger partial charge is 0.372 e. The summed E-state index contributed by atoms with van der Waals surface area (Å²) in [6, 6.07) is 2.12.